The number of halogens is 1. The van der Waals surface area contributed by atoms with Crippen molar-refractivity contribution in [3.8, 4) is 11.5 Å². The van der Waals surface area contributed by atoms with E-state index in [-0.39, 0.29) is 0 Å². The van der Waals surface area contributed by atoms with E-state index in [4.69, 9.17) is 4.42 Å². The Kier molecular flexibility index (Phi) is 3.60. The largest absolute Gasteiger partial charge is 0.460 e. The van der Waals surface area contributed by atoms with Gasteiger partial charge in [-0.15, -0.1) is 0 Å². The molecule has 0 aliphatic carbocycles. The highest BCUT2D eigenvalue weighted by Gasteiger charge is 2.11. The second-order valence-corrected chi connectivity index (χ2v) is 5.37. The van der Waals surface area contributed by atoms with Crippen LogP contribution in [0.2, 0.25) is 0 Å². The maximum atomic E-state index is 5.64. The van der Waals surface area contributed by atoms with Crippen LogP contribution < -0.4 is 5.32 Å². The Labute approximate surface area is 125 Å². The molecule has 3 rings (SSSR count). The van der Waals surface area contributed by atoms with Gasteiger partial charge in [-0.1, -0.05) is 12.1 Å². The summed E-state index contributed by atoms with van der Waals surface area (Å²) in [7, 11) is 0. The normalized spacial score (nSPS) is 10.7. The number of anilines is 1. The molecule has 2 aromatic heterocycles. The second kappa shape index (κ2) is 5.54. The van der Waals surface area contributed by atoms with Crippen molar-refractivity contribution in [2.24, 2.45) is 0 Å². The number of H-pyrrole nitrogens is 1. The molecule has 0 spiro atoms. The van der Waals surface area contributed by atoms with Gasteiger partial charge in [0.2, 0.25) is 0 Å². The van der Waals surface area contributed by atoms with Crippen LogP contribution in [0.3, 0.4) is 0 Å². The van der Waals surface area contributed by atoms with E-state index < -0.39 is 0 Å². The zero-order valence-corrected chi connectivity index (χ0v) is 12.6. The Balaban J connectivity index is 1.79. The molecule has 0 amide bonds. The van der Waals surface area contributed by atoms with Crippen LogP contribution in [0.15, 0.2) is 51.5 Å². The summed E-state index contributed by atoms with van der Waals surface area (Å²) >= 11 is 3.52. The lowest BCUT2D eigenvalue weighted by molar-refractivity contribution is 0.545. The number of para-hydroxylation sites is 1. The maximum absolute atomic E-state index is 5.64. The van der Waals surface area contributed by atoms with E-state index in [1.54, 1.807) is 0 Å². The molecule has 0 fully saturated rings. The van der Waals surface area contributed by atoms with Crippen LogP contribution >= 0.6 is 15.9 Å². The standard InChI is InChI=1S/C15H14BrN3O/c1-10-6-7-14(20-10)15-11(9-18-19-15)8-17-13-5-3-2-4-12(13)16/h2-7,9,17H,8H2,1H3,(H,18,19). The number of aryl methyl sites for hydroxylation is 1. The molecule has 0 saturated heterocycles. The molecule has 102 valence electrons. The third-order valence-corrected chi connectivity index (χ3v) is 3.74. The highest BCUT2D eigenvalue weighted by Crippen LogP contribution is 2.26. The number of nitrogens with one attached hydrogen (secondary N) is 2. The third kappa shape index (κ3) is 2.63. The van der Waals surface area contributed by atoms with Gasteiger partial charge < -0.3 is 9.73 Å². The highest BCUT2D eigenvalue weighted by molar-refractivity contribution is 9.10. The van der Waals surface area contributed by atoms with Gasteiger partial charge in [0.25, 0.3) is 0 Å². The van der Waals surface area contributed by atoms with Gasteiger partial charge in [0.1, 0.15) is 11.5 Å². The Bertz CT molecular complexity index is 717. The Hall–Kier alpha value is -2.01. The number of furan rings is 1. The first kappa shape index (κ1) is 13.0. The summed E-state index contributed by atoms with van der Waals surface area (Å²) in [6.07, 6.45) is 1.82. The van der Waals surface area contributed by atoms with Crippen LogP contribution in [0.1, 0.15) is 11.3 Å². The van der Waals surface area contributed by atoms with Crippen molar-refractivity contribution >= 4 is 21.6 Å². The van der Waals surface area contributed by atoms with E-state index >= 15 is 0 Å². The molecule has 0 atom stereocenters. The molecule has 3 aromatic rings. The molecule has 4 nitrogen and oxygen atoms in total. The minimum absolute atomic E-state index is 0.675. The van der Waals surface area contributed by atoms with Crippen LogP contribution in [0.25, 0.3) is 11.5 Å². The quantitative estimate of drug-likeness (QED) is 0.747. The number of nitrogens with zero attached hydrogens (tertiary/aromatic N) is 1. The van der Waals surface area contributed by atoms with E-state index in [0.29, 0.717) is 6.54 Å². The van der Waals surface area contributed by atoms with Crippen molar-refractivity contribution in [2.45, 2.75) is 13.5 Å². The van der Waals surface area contributed by atoms with E-state index in [0.717, 1.165) is 32.9 Å². The molecule has 1 aromatic carbocycles. The van der Waals surface area contributed by atoms with Gasteiger partial charge in [-0.3, -0.25) is 5.10 Å². The van der Waals surface area contributed by atoms with Crippen molar-refractivity contribution in [1.29, 1.82) is 0 Å². The SMILES string of the molecule is Cc1ccc(-c2[nH]ncc2CNc2ccccc2Br)o1. The molecule has 0 unspecified atom stereocenters. The molecule has 0 saturated carbocycles. The van der Waals surface area contributed by atoms with E-state index in [1.165, 1.54) is 0 Å². The van der Waals surface area contributed by atoms with Crippen LogP contribution in [0, 0.1) is 6.92 Å². The highest BCUT2D eigenvalue weighted by atomic mass is 79.9. The molecule has 0 radical (unpaired) electrons. The lowest BCUT2D eigenvalue weighted by Crippen LogP contribution is -2.00. The van der Waals surface area contributed by atoms with Gasteiger partial charge in [0, 0.05) is 22.3 Å². The molecule has 0 aliphatic heterocycles. The van der Waals surface area contributed by atoms with E-state index in [2.05, 4.69) is 31.4 Å². The summed E-state index contributed by atoms with van der Waals surface area (Å²) in [5.41, 5.74) is 3.03. The van der Waals surface area contributed by atoms with Gasteiger partial charge in [-0.2, -0.15) is 5.10 Å². The van der Waals surface area contributed by atoms with Gasteiger partial charge in [-0.25, -0.2) is 0 Å². The Morgan fingerprint density at radius 3 is 2.85 bits per heavy atom. The van der Waals surface area contributed by atoms with Crippen molar-refractivity contribution in [3.63, 3.8) is 0 Å². The fourth-order valence-electron chi connectivity index (χ4n) is 2.02. The summed E-state index contributed by atoms with van der Waals surface area (Å²) < 4.78 is 6.68. The monoisotopic (exact) mass is 331 g/mol. The van der Waals surface area contributed by atoms with Gasteiger partial charge in [-0.05, 0) is 47.1 Å². The van der Waals surface area contributed by atoms with E-state index in [9.17, 15) is 0 Å². The van der Waals surface area contributed by atoms with Crippen LogP contribution in [0.4, 0.5) is 5.69 Å². The average molecular weight is 332 g/mol. The molecule has 2 heterocycles. The predicted molar refractivity (Wildman–Crippen MR) is 82.5 cm³/mol. The maximum Gasteiger partial charge on any atom is 0.152 e. The van der Waals surface area contributed by atoms with Gasteiger partial charge in [0.15, 0.2) is 5.76 Å². The van der Waals surface area contributed by atoms with Crippen molar-refractivity contribution < 1.29 is 4.42 Å². The number of aromatic nitrogens is 2. The summed E-state index contributed by atoms with van der Waals surface area (Å²) in [5, 5.41) is 10.5. The lowest BCUT2D eigenvalue weighted by Gasteiger charge is -2.07. The summed E-state index contributed by atoms with van der Waals surface area (Å²) in [6.45, 7) is 2.60. The summed E-state index contributed by atoms with van der Waals surface area (Å²) in [6, 6.07) is 11.9. The third-order valence-electron chi connectivity index (χ3n) is 3.05. The first-order chi connectivity index (χ1) is 9.74. The van der Waals surface area contributed by atoms with Crippen LogP contribution in [-0.2, 0) is 6.54 Å². The number of hydrogen-bond acceptors (Lipinski definition) is 3. The fraction of sp³-hybridized carbons (Fsp3) is 0.133. The molecular formula is C15H14BrN3O. The summed E-state index contributed by atoms with van der Waals surface area (Å²) in [4.78, 5) is 0. The smallest absolute Gasteiger partial charge is 0.152 e. The van der Waals surface area contributed by atoms with Crippen molar-refractivity contribution in [3.05, 3.63) is 58.4 Å². The number of rotatable bonds is 4. The molecule has 5 heteroatoms. The fourth-order valence-corrected chi connectivity index (χ4v) is 2.45. The topological polar surface area (TPSA) is 53.9 Å². The molecule has 0 aliphatic rings. The molecule has 0 bridgehead atoms. The first-order valence-corrected chi connectivity index (χ1v) is 7.11. The number of aromatic amines is 1. The first-order valence-electron chi connectivity index (χ1n) is 6.31. The molecular weight excluding hydrogens is 318 g/mol. The van der Waals surface area contributed by atoms with Gasteiger partial charge >= 0.3 is 0 Å². The Morgan fingerprint density at radius 2 is 2.10 bits per heavy atom. The minimum atomic E-state index is 0.675. The number of benzene rings is 1. The lowest BCUT2D eigenvalue weighted by atomic mass is 10.2. The zero-order valence-electron chi connectivity index (χ0n) is 11.0. The minimum Gasteiger partial charge on any atom is -0.460 e. The average Bonchev–Trinajstić information content (AvgIpc) is 3.06. The molecule has 2 N–H and O–H groups in total. The second-order valence-electron chi connectivity index (χ2n) is 4.51. The van der Waals surface area contributed by atoms with Gasteiger partial charge in [0.05, 0.1) is 6.20 Å². The van der Waals surface area contributed by atoms with Crippen LogP contribution in [0.5, 0.6) is 0 Å². The Morgan fingerprint density at radius 1 is 1.25 bits per heavy atom. The number of hydrogen-bond donors (Lipinski definition) is 2. The predicted octanol–water partition coefficient (Wildman–Crippen LogP) is 4.35. The zero-order chi connectivity index (χ0) is 13.9. The van der Waals surface area contributed by atoms with Crippen LogP contribution in [-0.4, -0.2) is 10.2 Å². The van der Waals surface area contributed by atoms with Crippen molar-refractivity contribution in [1.82, 2.24) is 10.2 Å². The van der Waals surface area contributed by atoms with E-state index in [1.807, 2.05) is 49.5 Å². The summed E-state index contributed by atoms with van der Waals surface area (Å²) in [5.74, 6) is 1.70. The molecule has 20 heavy (non-hydrogen) atoms. The van der Waals surface area contributed by atoms with Crippen molar-refractivity contribution in [2.75, 3.05) is 5.32 Å².